The molecule has 0 saturated heterocycles. The second kappa shape index (κ2) is 12.3. The number of nitrogens with zero attached hydrogens (tertiary/aromatic N) is 1. The van der Waals surface area contributed by atoms with Crippen LogP contribution < -0.4 is 16.0 Å². The molecule has 0 bridgehead atoms. The Bertz CT molecular complexity index is 1380. The van der Waals surface area contributed by atoms with E-state index in [9.17, 15) is 14.4 Å². The van der Waals surface area contributed by atoms with Crippen LogP contribution in [0.25, 0.3) is 5.70 Å². The molecular formula is C31H34N4O4. The van der Waals surface area contributed by atoms with Gasteiger partial charge in [0.1, 0.15) is 0 Å². The summed E-state index contributed by atoms with van der Waals surface area (Å²) in [5.41, 5.74) is 5.76. The second-order valence-electron chi connectivity index (χ2n) is 9.33. The van der Waals surface area contributed by atoms with Gasteiger partial charge in [0.25, 0.3) is 0 Å². The van der Waals surface area contributed by atoms with Crippen molar-refractivity contribution in [3.63, 3.8) is 0 Å². The molecule has 3 N–H and O–H groups in total. The van der Waals surface area contributed by atoms with Crippen molar-refractivity contribution >= 4 is 35.1 Å². The number of hydrogen-bond acceptors (Lipinski definition) is 4. The van der Waals surface area contributed by atoms with Crippen molar-refractivity contribution in [1.82, 2.24) is 10.2 Å². The van der Waals surface area contributed by atoms with Crippen LogP contribution in [0.4, 0.5) is 21.0 Å². The van der Waals surface area contributed by atoms with E-state index in [1.165, 1.54) is 0 Å². The highest BCUT2D eigenvalue weighted by molar-refractivity contribution is 6.05. The maximum absolute atomic E-state index is 13.3. The van der Waals surface area contributed by atoms with Crippen molar-refractivity contribution in [3.05, 3.63) is 101 Å². The van der Waals surface area contributed by atoms with Gasteiger partial charge in [-0.25, -0.2) is 14.4 Å². The largest absolute Gasteiger partial charge is 0.463 e. The van der Waals surface area contributed by atoms with Crippen LogP contribution in [-0.2, 0) is 9.53 Å². The van der Waals surface area contributed by atoms with E-state index < -0.39 is 12.0 Å². The highest BCUT2D eigenvalue weighted by Crippen LogP contribution is 2.37. The average molecular weight is 527 g/mol. The molecule has 0 saturated carbocycles. The lowest BCUT2D eigenvalue weighted by atomic mass is 9.91. The molecule has 1 aliphatic heterocycles. The fourth-order valence-corrected chi connectivity index (χ4v) is 4.60. The van der Waals surface area contributed by atoms with Crippen molar-refractivity contribution in [3.8, 4) is 0 Å². The number of carbonyl (C=O) groups excluding carboxylic acids is 3. The lowest BCUT2D eigenvalue weighted by molar-refractivity contribution is -0.138. The van der Waals surface area contributed by atoms with Crippen LogP contribution in [0.15, 0.2) is 78.4 Å². The fraction of sp³-hybridized carbons (Fsp3) is 0.258. The van der Waals surface area contributed by atoms with Gasteiger partial charge in [-0.15, -0.1) is 0 Å². The van der Waals surface area contributed by atoms with Gasteiger partial charge in [0.05, 0.1) is 23.9 Å². The zero-order chi connectivity index (χ0) is 27.9. The minimum atomic E-state index is -0.724. The lowest BCUT2D eigenvalue weighted by Crippen LogP contribution is -2.48. The van der Waals surface area contributed by atoms with Gasteiger partial charge in [-0.3, -0.25) is 4.90 Å². The van der Waals surface area contributed by atoms with Crippen LogP contribution >= 0.6 is 0 Å². The van der Waals surface area contributed by atoms with E-state index in [0.717, 1.165) is 28.8 Å². The van der Waals surface area contributed by atoms with E-state index in [1.807, 2.05) is 69.3 Å². The monoisotopic (exact) mass is 526 g/mol. The SMILES string of the molecule is CCCN1C(=O)NC(c2ccc(NC(=O)Nc3cccc(C)c3C)cc2)C(C(=O)OCC)=C1c1ccccc1. The number of rotatable bonds is 8. The Morgan fingerprint density at radius 3 is 2.31 bits per heavy atom. The Morgan fingerprint density at radius 1 is 0.923 bits per heavy atom. The van der Waals surface area contributed by atoms with Gasteiger partial charge in [0, 0.05) is 17.9 Å². The maximum Gasteiger partial charge on any atom is 0.338 e. The fourth-order valence-electron chi connectivity index (χ4n) is 4.60. The molecule has 1 heterocycles. The Labute approximate surface area is 229 Å². The van der Waals surface area contributed by atoms with Crippen LogP contribution in [-0.4, -0.2) is 36.1 Å². The number of amides is 4. The molecule has 39 heavy (non-hydrogen) atoms. The first-order chi connectivity index (χ1) is 18.8. The van der Waals surface area contributed by atoms with E-state index in [-0.39, 0.29) is 18.7 Å². The summed E-state index contributed by atoms with van der Waals surface area (Å²) >= 11 is 0. The first-order valence-corrected chi connectivity index (χ1v) is 13.1. The molecule has 0 aliphatic carbocycles. The third-order valence-electron chi connectivity index (χ3n) is 6.67. The van der Waals surface area contributed by atoms with Crippen molar-refractivity contribution in [1.29, 1.82) is 0 Å². The maximum atomic E-state index is 13.3. The number of urea groups is 2. The van der Waals surface area contributed by atoms with Gasteiger partial charge in [0.2, 0.25) is 0 Å². The topological polar surface area (TPSA) is 99.8 Å². The van der Waals surface area contributed by atoms with Gasteiger partial charge in [0.15, 0.2) is 0 Å². The molecule has 8 nitrogen and oxygen atoms in total. The summed E-state index contributed by atoms with van der Waals surface area (Å²) in [6.07, 6.45) is 0.717. The Morgan fingerprint density at radius 2 is 1.64 bits per heavy atom. The highest BCUT2D eigenvalue weighted by Gasteiger charge is 2.38. The zero-order valence-corrected chi connectivity index (χ0v) is 22.7. The number of hydrogen-bond donors (Lipinski definition) is 3. The lowest BCUT2D eigenvalue weighted by Gasteiger charge is -2.36. The van der Waals surface area contributed by atoms with Crippen LogP contribution in [0.3, 0.4) is 0 Å². The normalized spacial score (nSPS) is 15.0. The molecule has 0 spiro atoms. The van der Waals surface area contributed by atoms with E-state index >= 15 is 0 Å². The predicted octanol–water partition coefficient (Wildman–Crippen LogP) is 6.40. The van der Waals surface area contributed by atoms with Crippen molar-refractivity contribution < 1.29 is 19.1 Å². The molecular weight excluding hydrogens is 492 g/mol. The smallest absolute Gasteiger partial charge is 0.338 e. The predicted molar refractivity (Wildman–Crippen MR) is 153 cm³/mol. The van der Waals surface area contributed by atoms with Crippen molar-refractivity contribution in [2.75, 3.05) is 23.8 Å². The molecule has 1 atom stereocenters. The Kier molecular flexibility index (Phi) is 8.66. The molecule has 4 rings (SSSR count). The van der Waals surface area contributed by atoms with Gasteiger partial charge in [-0.05, 0) is 67.6 Å². The summed E-state index contributed by atoms with van der Waals surface area (Å²) in [5, 5.41) is 8.71. The third-order valence-corrected chi connectivity index (χ3v) is 6.67. The standard InChI is InChI=1S/C31H34N4O4/c1-5-19-35-28(23-12-8-7-9-13-23)26(29(36)39-6-2)27(34-31(35)38)22-15-17-24(18-16-22)32-30(37)33-25-14-10-11-20(3)21(25)4/h7-18,27H,5-6,19H2,1-4H3,(H,34,38)(H2,32,33,37). The third kappa shape index (κ3) is 6.12. The molecule has 1 aliphatic rings. The van der Waals surface area contributed by atoms with Crippen LogP contribution in [0, 0.1) is 13.8 Å². The van der Waals surface area contributed by atoms with E-state index in [0.29, 0.717) is 29.1 Å². The van der Waals surface area contributed by atoms with E-state index in [2.05, 4.69) is 16.0 Å². The minimum absolute atomic E-state index is 0.206. The first-order valence-electron chi connectivity index (χ1n) is 13.1. The number of aryl methyl sites for hydroxylation is 1. The highest BCUT2D eigenvalue weighted by atomic mass is 16.5. The molecule has 3 aromatic carbocycles. The summed E-state index contributed by atoms with van der Waals surface area (Å²) in [5.74, 6) is -0.488. The van der Waals surface area contributed by atoms with E-state index in [4.69, 9.17) is 4.74 Å². The number of anilines is 2. The van der Waals surface area contributed by atoms with E-state index in [1.54, 1.807) is 36.1 Å². The number of ether oxygens (including phenoxy) is 1. The number of carbonyl (C=O) groups is 3. The summed E-state index contributed by atoms with van der Waals surface area (Å²) in [6.45, 7) is 8.34. The Hall–Kier alpha value is -4.59. The molecule has 4 amide bonds. The molecule has 8 heteroatoms. The number of nitrogens with one attached hydrogen (secondary N) is 3. The summed E-state index contributed by atoms with van der Waals surface area (Å²) < 4.78 is 5.46. The second-order valence-corrected chi connectivity index (χ2v) is 9.33. The first kappa shape index (κ1) is 27.4. The van der Waals surface area contributed by atoms with Crippen LogP contribution in [0.5, 0.6) is 0 Å². The molecule has 0 radical (unpaired) electrons. The summed E-state index contributed by atoms with van der Waals surface area (Å²) in [4.78, 5) is 40.8. The molecule has 3 aromatic rings. The van der Waals surface area contributed by atoms with Gasteiger partial charge in [-0.2, -0.15) is 0 Å². The van der Waals surface area contributed by atoms with Gasteiger partial charge >= 0.3 is 18.0 Å². The van der Waals surface area contributed by atoms with Crippen LogP contribution in [0.1, 0.15) is 48.6 Å². The molecule has 1 unspecified atom stereocenters. The van der Waals surface area contributed by atoms with Crippen molar-refractivity contribution in [2.45, 2.75) is 40.2 Å². The number of benzene rings is 3. The summed E-state index contributed by atoms with van der Waals surface area (Å²) in [7, 11) is 0. The molecule has 0 fully saturated rings. The molecule has 0 aromatic heterocycles. The Balaban J connectivity index is 1.66. The van der Waals surface area contributed by atoms with Gasteiger partial charge < -0.3 is 20.7 Å². The zero-order valence-electron chi connectivity index (χ0n) is 22.7. The average Bonchev–Trinajstić information content (AvgIpc) is 2.93. The number of esters is 1. The molecule has 202 valence electrons. The summed E-state index contributed by atoms with van der Waals surface area (Å²) in [6, 6.07) is 20.8. The quantitative estimate of drug-likeness (QED) is 0.296. The van der Waals surface area contributed by atoms with Crippen LogP contribution in [0.2, 0.25) is 0 Å². The minimum Gasteiger partial charge on any atom is -0.463 e. The van der Waals surface area contributed by atoms with Gasteiger partial charge in [-0.1, -0.05) is 61.5 Å². The van der Waals surface area contributed by atoms with Crippen molar-refractivity contribution in [2.24, 2.45) is 0 Å².